The van der Waals surface area contributed by atoms with E-state index >= 15 is 0 Å². The van der Waals surface area contributed by atoms with Crippen LogP contribution in [0.3, 0.4) is 0 Å². The van der Waals surface area contributed by atoms with E-state index in [9.17, 15) is 0 Å². The van der Waals surface area contributed by atoms with Gasteiger partial charge in [0.25, 0.3) is 0 Å². The van der Waals surface area contributed by atoms with Crippen LogP contribution in [0.2, 0.25) is 0 Å². The summed E-state index contributed by atoms with van der Waals surface area (Å²) in [7, 11) is 0. The first kappa shape index (κ1) is 14.9. The Morgan fingerprint density at radius 1 is 1.04 bits per heavy atom. The molecule has 2 aliphatic heterocycles. The fraction of sp³-hybridized carbons (Fsp3) is 0.647. The van der Waals surface area contributed by atoms with Gasteiger partial charge in [0.15, 0.2) is 0 Å². The van der Waals surface area contributed by atoms with Gasteiger partial charge in [0.1, 0.15) is 5.82 Å². The average Bonchev–Trinajstić information content (AvgIpc) is 3.18. The molecule has 2 aromatic heterocycles. The molecule has 2 aliphatic rings. The summed E-state index contributed by atoms with van der Waals surface area (Å²) in [6.45, 7) is 7.06. The van der Waals surface area contributed by atoms with Gasteiger partial charge in [0.2, 0.25) is 0 Å². The Morgan fingerprint density at radius 2 is 1.96 bits per heavy atom. The molecule has 1 atom stereocenters. The number of hydrogen-bond donors (Lipinski definition) is 0. The molecule has 1 unspecified atom stereocenters. The van der Waals surface area contributed by atoms with Crippen molar-refractivity contribution in [2.75, 3.05) is 26.3 Å². The molecule has 0 N–H and O–H groups in total. The molecule has 124 valence electrons. The number of ether oxygens (including phenoxy) is 1. The molecule has 4 heterocycles. The van der Waals surface area contributed by atoms with Crippen LogP contribution in [0.4, 0.5) is 0 Å². The van der Waals surface area contributed by atoms with Gasteiger partial charge in [-0.3, -0.25) is 9.58 Å². The van der Waals surface area contributed by atoms with Crippen LogP contribution in [0.15, 0.2) is 30.9 Å². The van der Waals surface area contributed by atoms with Crippen molar-refractivity contribution in [3.8, 4) is 0 Å². The Kier molecular flexibility index (Phi) is 4.43. The van der Waals surface area contributed by atoms with E-state index < -0.39 is 0 Å². The second-order valence-corrected chi connectivity index (χ2v) is 6.84. The van der Waals surface area contributed by atoms with Crippen molar-refractivity contribution < 1.29 is 4.74 Å². The molecule has 0 aliphatic carbocycles. The Labute approximate surface area is 137 Å². The third kappa shape index (κ3) is 3.64. The molecule has 0 amide bonds. The molecule has 0 bridgehead atoms. The van der Waals surface area contributed by atoms with Crippen LogP contribution >= 0.6 is 0 Å². The number of fused-ring (bicyclic) bond motifs is 1. The SMILES string of the molecule is c1cnn(CC2CN(CC3CCOCC3)Cc3nccn3C2)c1. The van der Waals surface area contributed by atoms with Crippen LogP contribution < -0.4 is 0 Å². The summed E-state index contributed by atoms with van der Waals surface area (Å²) in [5.74, 6) is 2.51. The van der Waals surface area contributed by atoms with Gasteiger partial charge < -0.3 is 9.30 Å². The lowest BCUT2D eigenvalue weighted by atomic mass is 9.99. The average molecular weight is 315 g/mol. The van der Waals surface area contributed by atoms with Crippen molar-refractivity contribution >= 4 is 0 Å². The Bertz CT molecular complexity index is 602. The molecule has 6 heteroatoms. The van der Waals surface area contributed by atoms with E-state index in [1.165, 1.54) is 18.7 Å². The predicted molar refractivity (Wildman–Crippen MR) is 86.8 cm³/mol. The monoisotopic (exact) mass is 315 g/mol. The van der Waals surface area contributed by atoms with Crippen molar-refractivity contribution in [1.82, 2.24) is 24.2 Å². The highest BCUT2D eigenvalue weighted by molar-refractivity contribution is 4.96. The van der Waals surface area contributed by atoms with Gasteiger partial charge in [-0.05, 0) is 24.8 Å². The first-order chi connectivity index (χ1) is 11.4. The van der Waals surface area contributed by atoms with Crippen LogP contribution in [-0.4, -0.2) is 50.5 Å². The van der Waals surface area contributed by atoms with E-state index in [-0.39, 0.29) is 0 Å². The summed E-state index contributed by atoms with van der Waals surface area (Å²) >= 11 is 0. The van der Waals surface area contributed by atoms with E-state index in [1.54, 1.807) is 0 Å². The topological polar surface area (TPSA) is 48.1 Å². The van der Waals surface area contributed by atoms with Gasteiger partial charge in [-0.25, -0.2) is 4.98 Å². The third-order valence-corrected chi connectivity index (χ3v) is 5.00. The molecule has 1 saturated heterocycles. The minimum atomic E-state index is 0.560. The summed E-state index contributed by atoms with van der Waals surface area (Å²) in [4.78, 5) is 7.16. The van der Waals surface area contributed by atoms with E-state index in [4.69, 9.17) is 4.74 Å². The normalized spacial score (nSPS) is 23.6. The Morgan fingerprint density at radius 3 is 2.78 bits per heavy atom. The van der Waals surface area contributed by atoms with Crippen LogP contribution in [-0.2, 0) is 24.4 Å². The number of rotatable bonds is 4. The summed E-state index contributed by atoms with van der Waals surface area (Å²) in [6, 6.07) is 2.00. The van der Waals surface area contributed by atoms with Crippen molar-refractivity contribution in [3.05, 3.63) is 36.7 Å². The van der Waals surface area contributed by atoms with Crippen molar-refractivity contribution in [1.29, 1.82) is 0 Å². The Balaban J connectivity index is 1.47. The van der Waals surface area contributed by atoms with Crippen molar-refractivity contribution in [2.45, 2.75) is 32.5 Å². The quantitative estimate of drug-likeness (QED) is 0.860. The Hall–Kier alpha value is -1.66. The molecule has 0 radical (unpaired) electrons. The van der Waals surface area contributed by atoms with Gasteiger partial charge in [0, 0.05) is 70.1 Å². The van der Waals surface area contributed by atoms with Gasteiger partial charge in [-0.15, -0.1) is 0 Å². The maximum Gasteiger partial charge on any atom is 0.122 e. The molecule has 6 nitrogen and oxygen atoms in total. The van der Waals surface area contributed by atoms with Gasteiger partial charge >= 0.3 is 0 Å². The van der Waals surface area contributed by atoms with Crippen LogP contribution in [0, 0.1) is 11.8 Å². The second kappa shape index (κ2) is 6.84. The lowest BCUT2D eigenvalue weighted by molar-refractivity contribution is 0.0488. The van der Waals surface area contributed by atoms with E-state index in [1.807, 2.05) is 18.5 Å². The maximum atomic E-state index is 5.50. The molecular weight excluding hydrogens is 290 g/mol. The largest absolute Gasteiger partial charge is 0.381 e. The molecule has 23 heavy (non-hydrogen) atoms. The molecule has 1 fully saturated rings. The van der Waals surface area contributed by atoms with Crippen molar-refractivity contribution in [3.63, 3.8) is 0 Å². The first-order valence-corrected chi connectivity index (χ1v) is 8.64. The standard InChI is InChI=1S/C17H25N5O/c1-4-19-22(6-1)13-16-11-20(10-15-2-8-23-9-3-15)14-17-18-5-7-21(17)12-16/h1,4-7,15-16H,2-3,8-14H2. The van der Waals surface area contributed by atoms with E-state index in [0.717, 1.165) is 51.9 Å². The minimum Gasteiger partial charge on any atom is -0.381 e. The van der Waals surface area contributed by atoms with Gasteiger partial charge in [-0.1, -0.05) is 0 Å². The zero-order valence-electron chi connectivity index (χ0n) is 13.5. The van der Waals surface area contributed by atoms with Crippen LogP contribution in [0.1, 0.15) is 18.7 Å². The molecule has 0 saturated carbocycles. The summed E-state index contributed by atoms with van der Waals surface area (Å²) in [6.07, 6.45) is 10.3. The van der Waals surface area contributed by atoms with E-state index in [0.29, 0.717) is 5.92 Å². The predicted octanol–water partition coefficient (Wildman–Crippen LogP) is 1.64. The molecule has 2 aromatic rings. The zero-order valence-corrected chi connectivity index (χ0v) is 13.5. The maximum absolute atomic E-state index is 5.50. The highest BCUT2D eigenvalue weighted by Crippen LogP contribution is 2.21. The van der Waals surface area contributed by atoms with Crippen molar-refractivity contribution in [2.24, 2.45) is 11.8 Å². The van der Waals surface area contributed by atoms with Crippen LogP contribution in [0.5, 0.6) is 0 Å². The molecule has 4 rings (SSSR count). The second-order valence-electron chi connectivity index (χ2n) is 6.84. The first-order valence-electron chi connectivity index (χ1n) is 8.64. The zero-order chi connectivity index (χ0) is 15.5. The molecular formula is C17H25N5O. The van der Waals surface area contributed by atoms with E-state index in [2.05, 4.69) is 36.6 Å². The fourth-order valence-electron chi connectivity index (χ4n) is 3.85. The summed E-state index contributed by atoms with van der Waals surface area (Å²) < 4.78 is 9.87. The summed E-state index contributed by atoms with van der Waals surface area (Å²) in [5.41, 5.74) is 0. The number of nitrogens with zero attached hydrogens (tertiary/aromatic N) is 5. The summed E-state index contributed by atoms with van der Waals surface area (Å²) in [5, 5.41) is 4.38. The fourth-order valence-corrected chi connectivity index (χ4v) is 3.85. The number of hydrogen-bond acceptors (Lipinski definition) is 4. The van der Waals surface area contributed by atoms with Gasteiger partial charge in [0.05, 0.1) is 6.54 Å². The minimum absolute atomic E-state index is 0.560. The van der Waals surface area contributed by atoms with Gasteiger partial charge in [-0.2, -0.15) is 5.10 Å². The third-order valence-electron chi connectivity index (χ3n) is 5.00. The van der Waals surface area contributed by atoms with Crippen LogP contribution in [0.25, 0.3) is 0 Å². The highest BCUT2D eigenvalue weighted by Gasteiger charge is 2.25. The number of aromatic nitrogens is 4. The smallest absolute Gasteiger partial charge is 0.122 e. The lowest BCUT2D eigenvalue weighted by Gasteiger charge is -2.30. The molecule has 0 aromatic carbocycles. The lowest BCUT2D eigenvalue weighted by Crippen LogP contribution is -2.35. The molecule has 0 spiro atoms. The highest BCUT2D eigenvalue weighted by atomic mass is 16.5. The number of imidazole rings is 1.